The number of aromatic nitrogens is 2. The van der Waals surface area contributed by atoms with Crippen LogP contribution in [0.2, 0.25) is 0 Å². The van der Waals surface area contributed by atoms with Gasteiger partial charge in [-0.15, -0.1) is 11.3 Å². The van der Waals surface area contributed by atoms with Gasteiger partial charge in [-0.3, -0.25) is 9.69 Å². The standard InChI is InChI=1S/C25H35N3O4S/c1-16-7-8-19(17(2)11-16)20-15-33-24-22(20)23(30)26-21(27-24)13-28(9-10-31-6)12-18(29)14-32-25(3,4)5/h7-8,11,15,18,29H,9-10,12-14H2,1-6H3,(H,26,27,30). The number of H-pyrrole nitrogens is 1. The number of hydrogen-bond donors (Lipinski definition) is 2. The maximum absolute atomic E-state index is 13.1. The first-order valence-corrected chi connectivity index (χ1v) is 12.1. The van der Waals surface area contributed by atoms with Gasteiger partial charge in [-0.05, 0) is 45.7 Å². The SMILES string of the molecule is COCCN(Cc1nc2scc(-c3ccc(C)cc3C)c2c(=O)[nH]1)CC(O)COC(C)(C)C. The summed E-state index contributed by atoms with van der Waals surface area (Å²) in [7, 11) is 1.64. The topological polar surface area (TPSA) is 87.7 Å². The summed E-state index contributed by atoms with van der Waals surface area (Å²) in [5.41, 5.74) is 3.83. The Kier molecular flexibility index (Phi) is 8.42. The predicted octanol–water partition coefficient (Wildman–Crippen LogP) is 3.89. The normalized spacial score (nSPS) is 13.2. The Labute approximate surface area is 199 Å². The Morgan fingerprint density at radius 2 is 2.00 bits per heavy atom. The number of nitrogens with one attached hydrogen (secondary N) is 1. The summed E-state index contributed by atoms with van der Waals surface area (Å²) in [6.07, 6.45) is -0.658. The highest BCUT2D eigenvalue weighted by Crippen LogP contribution is 2.33. The van der Waals surface area contributed by atoms with Gasteiger partial charge in [0.05, 0.1) is 36.8 Å². The van der Waals surface area contributed by atoms with E-state index in [0.29, 0.717) is 42.3 Å². The maximum Gasteiger partial charge on any atom is 0.260 e. The lowest BCUT2D eigenvalue weighted by molar-refractivity contribution is -0.0578. The summed E-state index contributed by atoms with van der Waals surface area (Å²) in [6, 6.07) is 6.24. The van der Waals surface area contributed by atoms with Crippen molar-refractivity contribution < 1.29 is 14.6 Å². The molecule has 8 heteroatoms. The van der Waals surface area contributed by atoms with Crippen molar-refractivity contribution in [3.63, 3.8) is 0 Å². The first-order chi connectivity index (χ1) is 15.6. The van der Waals surface area contributed by atoms with Gasteiger partial charge in [0.15, 0.2) is 0 Å². The van der Waals surface area contributed by atoms with Crippen molar-refractivity contribution in [3.8, 4) is 11.1 Å². The molecule has 180 valence electrons. The van der Waals surface area contributed by atoms with E-state index in [1.54, 1.807) is 7.11 Å². The molecule has 0 saturated heterocycles. The molecule has 0 aliphatic carbocycles. The van der Waals surface area contributed by atoms with Crippen LogP contribution in [0.4, 0.5) is 0 Å². The van der Waals surface area contributed by atoms with Crippen molar-refractivity contribution in [2.45, 2.75) is 52.9 Å². The lowest BCUT2D eigenvalue weighted by atomic mass is 9.99. The van der Waals surface area contributed by atoms with Gasteiger partial charge in [-0.2, -0.15) is 0 Å². The monoisotopic (exact) mass is 473 g/mol. The van der Waals surface area contributed by atoms with E-state index in [1.807, 2.05) is 31.1 Å². The molecular formula is C25H35N3O4S. The highest BCUT2D eigenvalue weighted by atomic mass is 32.1. The van der Waals surface area contributed by atoms with Gasteiger partial charge < -0.3 is 19.6 Å². The lowest BCUT2D eigenvalue weighted by Gasteiger charge is -2.27. The van der Waals surface area contributed by atoms with E-state index in [9.17, 15) is 9.90 Å². The molecule has 0 bridgehead atoms. The van der Waals surface area contributed by atoms with Crippen LogP contribution in [0.1, 0.15) is 37.7 Å². The Bertz CT molecular complexity index is 1130. The third-order valence-electron chi connectivity index (χ3n) is 5.33. The number of aromatic amines is 1. The van der Waals surface area contributed by atoms with Crippen LogP contribution < -0.4 is 5.56 Å². The number of hydrogen-bond acceptors (Lipinski definition) is 7. The second-order valence-electron chi connectivity index (χ2n) is 9.47. The van der Waals surface area contributed by atoms with Crippen LogP contribution in [0.25, 0.3) is 21.3 Å². The highest BCUT2D eigenvalue weighted by molar-refractivity contribution is 7.17. The fourth-order valence-electron chi connectivity index (χ4n) is 3.75. The Hall–Kier alpha value is -2.10. The first kappa shape index (κ1) is 25.5. The summed E-state index contributed by atoms with van der Waals surface area (Å²) in [5.74, 6) is 0.571. The molecule has 0 fully saturated rings. The van der Waals surface area contributed by atoms with Crippen LogP contribution in [0.15, 0.2) is 28.4 Å². The Balaban J connectivity index is 1.82. The summed E-state index contributed by atoms with van der Waals surface area (Å²) < 4.78 is 10.9. The Morgan fingerprint density at radius 3 is 2.67 bits per heavy atom. The minimum atomic E-state index is -0.658. The van der Waals surface area contributed by atoms with Crippen LogP contribution in [0.3, 0.4) is 0 Å². The number of fused-ring (bicyclic) bond motifs is 1. The number of aryl methyl sites for hydroxylation is 2. The fraction of sp³-hybridized carbons (Fsp3) is 0.520. The van der Waals surface area contributed by atoms with Crippen LogP contribution in [-0.2, 0) is 16.0 Å². The van der Waals surface area contributed by atoms with Crippen LogP contribution in [0, 0.1) is 13.8 Å². The number of methoxy groups -OCH3 is 1. The van der Waals surface area contributed by atoms with Crippen molar-refractivity contribution in [2.75, 3.05) is 33.4 Å². The third kappa shape index (κ3) is 6.94. The summed E-state index contributed by atoms with van der Waals surface area (Å²) >= 11 is 1.48. The molecule has 1 atom stereocenters. The summed E-state index contributed by atoms with van der Waals surface area (Å²) in [5, 5.41) is 13.1. The van der Waals surface area contributed by atoms with Gasteiger partial charge in [0.2, 0.25) is 0 Å². The lowest BCUT2D eigenvalue weighted by Crippen LogP contribution is -2.38. The number of benzene rings is 1. The van der Waals surface area contributed by atoms with E-state index in [0.717, 1.165) is 16.7 Å². The zero-order chi connectivity index (χ0) is 24.2. The van der Waals surface area contributed by atoms with Crippen molar-refractivity contribution in [1.82, 2.24) is 14.9 Å². The quantitative estimate of drug-likeness (QED) is 0.464. The molecule has 0 aliphatic heterocycles. The number of ether oxygens (including phenoxy) is 2. The second kappa shape index (κ2) is 10.9. The van der Waals surface area contributed by atoms with E-state index in [1.165, 1.54) is 16.9 Å². The molecule has 0 saturated carbocycles. The van der Waals surface area contributed by atoms with Gasteiger partial charge in [0.1, 0.15) is 10.7 Å². The van der Waals surface area contributed by atoms with E-state index >= 15 is 0 Å². The zero-order valence-electron chi connectivity index (χ0n) is 20.4. The van der Waals surface area contributed by atoms with Crippen molar-refractivity contribution in [3.05, 3.63) is 50.9 Å². The number of aliphatic hydroxyl groups excluding tert-OH is 1. The first-order valence-electron chi connectivity index (χ1n) is 11.2. The Morgan fingerprint density at radius 1 is 1.24 bits per heavy atom. The number of nitrogens with zero attached hydrogens (tertiary/aromatic N) is 2. The van der Waals surface area contributed by atoms with Crippen molar-refractivity contribution in [2.24, 2.45) is 0 Å². The average molecular weight is 474 g/mol. The van der Waals surface area contributed by atoms with E-state index < -0.39 is 6.10 Å². The van der Waals surface area contributed by atoms with Crippen molar-refractivity contribution in [1.29, 1.82) is 0 Å². The minimum Gasteiger partial charge on any atom is -0.389 e. The number of aliphatic hydroxyl groups is 1. The molecule has 0 amide bonds. The summed E-state index contributed by atoms with van der Waals surface area (Å²) in [6.45, 7) is 12.1. The van der Waals surface area contributed by atoms with Gasteiger partial charge in [-0.25, -0.2) is 4.98 Å². The van der Waals surface area contributed by atoms with E-state index in [2.05, 4.69) is 37.0 Å². The molecule has 1 aromatic carbocycles. The molecule has 33 heavy (non-hydrogen) atoms. The van der Waals surface area contributed by atoms with Crippen molar-refractivity contribution >= 4 is 21.6 Å². The van der Waals surface area contributed by atoms with Crippen LogP contribution in [0.5, 0.6) is 0 Å². The van der Waals surface area contributed by atoms with Crippen LogP contribution in [-0.4, -0.2) is 65.1 Å². The molecule has 2 N–H and O–H groups in total. The van der Waals surface area contributed by atoms with Gasteiger partial charge in [-0.1, -0.05) is 23.8 Å². The average Bonchev–Trinajstić information content (AvgIpc) is 3.14. The molecule has 2 heterocycles. The molecule has 0 aliphatic rings. The van der Waals surface area contributed by atoms with Gasteiger partial charge in [0.25, 0.3) is 5.56 Å². The summed E-state index contributed by atoms with van der Waals surface area (Å²) in [4.78, 5) is 23.5. The van der Waals surface area contributed by atoms with E-state index in [4.69, 9.17) is 14.5 Å². The zero-order valence-corrected chi connectivity index (χ0v) is 21.2. The molecule has 7 nitrogen and oxygen atoms in total. The van der Waals surface area contributed by atoms with E-state index in [-0.39, 0.29) is 17.8 Å². The molecule has 0 radical (unpaired) electrons. The minimum absolute atomic E-state index is 0.144. The molecule has 2 aromatic heterocycles. The van der Waals surface area contributed by atoms with Crippen LogP contribution >= 0.6 is 11.3 Å². The predicted molar refractivity (Wildman–Crippen MR) is 134 cm³/mol. The van der Waals surface area contributed by atoms with Gasteiger partial charge in [0, 0.05) is 31.1 Å². The van der Waals surface area contributed by atoms with Gasteiger partial charge >= 0.3 is 0 Å². The molecule has 3 aromatic rings. The molecule has 3 rings (SSSR count). The smallest absolute Gasteiger partial charge is 0.260 e. The number of rotatable bonds is 10. The third-order valence-corrected chi connectivity index (χ3v) is 6.20. The second-order valence-corrected chi connectivity index (χ2v) is 10.3. The largest absolute Gasteiger partial charge is 0.389 e. The number of thiophene rings is 1. The molecule has 1 unspecified atom stereocenters. The highest BCUT2D eigenvalue weighted by Gasteiger charge is 2.19. The molecule has 0 spiro atoms. The molecular weight excluding hydrogens is 438 g/mol. The fourth-order valence-corrected chi connectivity index (χ4v) is 4.70. The maximum atomic E-state index is 13.1.